The third-order valence-corrected chi connectivity index (χ3v) is 6.13. The number of rotatable bonds is 3. The lowest BCUT2D eigenvalue weighted by molar-refractivity contribution is -0.134. The van der Waals surface area contributed by atoms with Crippen LogP contribution in [-0.2, 0) is 17.6 Å². The Labute approximate surface area is 140 Å². The second-order valence-corrected chi connectivity index (χ2v) is 7.76. The molecule has 2 aliphatic rings. The summed E-state index contributed by atoms with van der Waals surface area (Å²) in [6.07, 6.45) is 4.85. The Morgan fingerprint density at radius 1 is 1.39 bits per heavy atom. The molecule has 0 aromatic carbocycles. The molecule has 1 aliphatic heterocycles. The number of likely N-dealkylation sites (tertiary alicyclic amines) is 1. The van der Waals surface area contributed by atoms with Gasteiger partial charge in [-0.25, -0.2) is 0 Å². The predicted octanol–water partition coefficient (Wildman–Crippen LogP) is 1.59. The summed E-state index contributed by atoms with van der Waals surface area (Å²) in [6.45, 7) is 3.01. The highest BCUT2D eigenvalue weighted by Crippen LogP contribution is 2.29. The predicted molar refractivity (Wildman–Crippen MR) is 89.7 cm³/mol. The van der Waals surface area contributed by atoms with Crippen LogP contribution >= 0.6 is 11.3 Å². The molecule has 126 valence electrons. The molecule has 5 nitrogen and oxygen atoms in total. The fourth-order valence-electron chi connectivity index (χ4n) is 3.23. The van der Waals surface area contributed by atoms with E-state index in [1.807, 2.05) is 13.0 Å². The fraction of sp³-hybridized carbons (Fsp3) is 0.647. The van der Waals surface area contributed by atoms with Crippen molar-refractivity contribution in [3.05, 3.63) is 21.4 Å². The summed E-state index contributed by atoms with van der Waals surface area (Å²) in [7, 11) is 0. The first-order valence-electron chi connectivity index (χ1n) is 8.40. The number of hydrogen-bond donors (Lipinski definition) is 2. The van der Waals surface area contributed by atoms with Crippen LogP contribution in [0.4, 0.5) is 0 Å². The zero-order chi connectivity index (χ0) is 16.4. The smallest absolute Gasteiger partial charge is 0.261 e. The Morgan fingerprint density at radius 3 is 2.91 bits per heavy atom. The molecule has 2 N–H and O–H groups in total. The Kier molecular flexibility index (Phi) is 5.02. The number of β-amino-alcohol motifs (C(OH)–C–C–N with tert-alkyl or cyclic N) is 1. The Bertz CT molecular complexity index is 575. The normalized spacial score (nSPS) is 24.2. The van der Waals surface area contributed by atoms with Crippen LogP contribution in [0.5, 0.6) is 0 Å². The number of fused-ring (bicyclic) bond motifs is 1. The Morgan fingerprint density at radius 2 is 2.17 bits per heavy atom. The number of nitrogens with one attached hydrogen (secondary N) is 1. The fourth-order valence-corrected chi connectivity index (χ4v) is 4.40. The van der Waals surface area contributed by atoms with E-state index in [0.29, 0.717) is 18.0 Å². The van der Waals surface area contributed by atoms with Crippen molar-refractivity contribution < 1.29 is 14.7 Å². The van der Waals surface area contributed by atoms with Gasteiger partial charge in [0, 0.05) is 18.0 Å². The topological polar surface area (TPSA) is 69.6 Å². The minimum atomic E-state index is -0.465. The molecule has 1 aromatic rings. The van der Waals surface area contributed by atoms with E-state index in [-0.39, 0.29) is 24.3 Å². The number of amides is 2. The van der Waals surface area contributed by atoms with Crippen LogP contribution in [0.25, 0.3) is 0 Å². The lowest BCUT2D eigenvalue weighted by Crippen LogP contribution is -2.49. The molecule has 1 saturated heterocycles. The van der Waals surface area contributed by atoms with Crippen molar-refractivity contribution in [1.29, 1.82) is 0 Å². The SMILES string of the molecule is CC1CCN(C(=O)CNC(=O)c2cc3c(s2)CCCC3)CC1O. The number of aliphatic hydroxyl groups excluding tert-OH is 1. The van der Waals surface area contributed by atoms with E-state index < -0.39 is 6.10 Å². The van der Waals surface area contributed by atoms with Gasteiger partial charge in [-0.2, -0.15) is 0 Å². The van der Waals surface area contributed by atoms with E-state index in [1.165, 1.54) is 23.3 Å². The number of aryl methyl sites for hydroxylation is 2. The van der Waals surface area contributed by atoms with Crippen molar-refractivity contribution in [2.75, 3.05) is 19.6 Å². The maximum atomic E-state index is 12.2. The molecule has 0 bridgehead atoms. The molecule has 2 heterocycles. The van der Waals surface area contributed by atoms with Crippen molar-refractivity contribution in [2.24, 2.45) is 5.92 Å². The molecule has 0 radical (unpaired) electrons. The van der Waals surface area contributed by atoms with Crippen LogP contribution in [0, 0.1) is 5.92 Å². The number of hydrogen-bond acceptors (Lipinski definition) is 4. The zero-order valence-corrected chi connectivity index (χ0v) is 14.3. The number of thiophene rings is 1. The molecule has 23 heavy (non-hydrogen) atoms. The lowest BCUT2D eigenvalue weighted by Gasteiger charge is -2.34. The van der Waals surface area contributed by atoms with Crippen molar-refractivity contribution >= 4 is 23.2 Å². The van der Waals surface area contributed by atoms with Crippen LogP contribution in [0.15, 0.2) is 6.07 Å². The van der Waals surface area contributed by atoms with Crippen molar-refractivity contribution in [1.82, 2.24) is 10.2 Å². The van der Waals surface area contributed by atoms with Crippen molar-refractivity contribution in [3.63, 3.8) is 0 Å². The third-order valence-electron chi connectivity index (χ3n) is 4.89. The van der Waals surface area contributed by atoms with Crippen LogP contribution < -0.4 is 5.32 Å². The summed E-state index contributed by atoms with van der Waals surface area (Å²) in [5.41, 5.74) is 1.30. The highest BCUT2D eigenvalue weighted by atomic mass is 32.1. The summed E-state index contributed by atoms with van der Waals surface area (Å²) < 4.78 is 0. The summed E-state index contributed by atoms with van der Waals surface area (Å²) in [5.74, 6) is -0.0552. The number of aliphatic hydroxyl groups is 1. The third kappa shape index (κ3) is 3.75. The van der Waals surface area contributed by atoms with Crippen LogP contribution in [-0.4, -0.2) is 47.6 Å². The number of piperidine rings is 1. The van der Waals surface area contributed by atoms with Crippen LogP contribution in [0.2, 0.25) is 0 Å². The number of nitrogens with zero attached hydrogens (tertiary/aromatic N) is 1. The molecule has 1 fully saturated rings. The minimum absolute atomic E-state index is 0.00248. The Balaban J connectivity index is 1.52. The van der Waals surface area contributed by atoms with Gasteiger partial charge >= 0.3 is 0 Å². The lowest BCUT2D eigenvalue weighted by atomic mass is 9.96. The van der Waals surface area contributed by atoms with E-state index in [2.05, 4.69) is 5.32 Å². The van der Waals surface area contributed by atoms with Gasteiger partial charge in [0.2, 0.25) is 5.91 Å². The van der Waals surface area contributed by atoms with Gasteiger partial charge in [-0.1, -0.05) is 6.92 Å². The van der Waals surface area contributed by atoms with Gasteiger partial charge in [0.1, 0.15) is 0 Å². The molecule has 2 unspecified atom stereocenters. The molecule has 6 heteroatoms. The summed E-state index contributed by atoms with van der Waals surface area (Å²) >= 11 is 1.55. The second-order valence-electron chi connectivity index (χ2n) is 6.62. The molecule has 0 saturated carbocycles. The number of carbonyl (C=O) groups is 2. The largest absolute Gasteiger partial charge is 0.391 e. The maximum Gasteiger partial charge on any atom is 0.261 e. The van der Waals surface area contributed by atoms with E-state index in [9.17, 15) is 14.7 Å². The van der Waals surface area contributed by atoms with Gasteiger partial charge in [0.05, 0.1) is 17.5 Å². The summed E-state index contributed by atoms with van der Waals surface area (Å²) in [4.78, 5) is 28.1. The first kappa shape index (κ1) is 16.5. The molecular weight excluding hydrogens is 312 g/mol. The quantitative estimate of drug-likeness (QED) is 0.881. The summed E-state index contributed by atoms with van der Waals surface area (Å²) in [5, 5.41) is 12.6. The second kappa shape index (κ2) is 7.01. The van der Waals surface area contributed by atoms with Gasteiger partial charge < -0.3 is 15.3 Å². The van der Waals surface area contributed by atoms with Crippen molar-refractivity contribution in [3.8, 4) is 0 Å². The van der Waals surface area contributed by atoms with Gasteiger partial charge in [0.25, 0.3) is 5.91 Å². The van der Waals surface area contributed by atoms with E-state index in [1.54, 1.807) is 16.2 Å². The summed E-state index contributed by atoms with van der Waals surface area (Å²) in [6, 6.07) is 1.98. The Hall–Kier alpha value is -1.40. The average molecular weight is 336 g/mol. The molecule has 1 aliphatic carbocycles. The maximum absolute atomic E-state index is 12.2. The molecule has 3 rings (SSSR count). The minimum Gasteiger partial charge on any atom is -0.391 e. The molecule has 0 spiro atoms. The van der Waals surface area contributed by atoms with Crippen LogP contribution in [0.3, 0.4) is 0 Å². The zero-order valence-electron chi connectivity index (χ0n) is 13.5. The molecule has 2 atom stereocenters. The average Bonchev–Trinajstić information content (AvgIpc) is 2.99. The molecular formula is C17H24N2O3S. The highest BCUT2D eigenvalue weighted by molar-refractivity contribution is 7.14. The van der Waals surface area contributed by atoms with E-state index in [4.69, 9.17) is 0 Å². The van der Waals surface area contributed by atoms with Gasteiger partial charge in [-0.15, -0.1) is 11.3 Å². The molecule has 1 aromatic heterocycles. The highest BCUT2D eigenvalue weighted by Gasteiger charge is 2.27. The van der Waals surface area contributed by atoms with Gasteiger partial charge in [-0.05, 0) is 49.7 Å². The van der Waals surface area contributed by atoms with Crippen LogP contribution in [0.1, 0.15) is 46.3 Å². The molecule has 2 amide bonds. The first-order valence-corrected chi connectivity index (χ1v) is 9.22. The van der Waals surface area contributed by atoms with E-state index >= 15 is 0 Å². The standard InChI is InChI=1S/C17H24N2O3S/c1-11-6-7-19(10-13(11)20)16(21)9-18-17(22)15-8-12-4-2-3-5-14(12)23-15/h8,11,13,20H,2-7,9-10H2,1H3,(H,18,22). The van der Waals surface area contributed by atoms with E-state index in [0.717, 1.165) is 19.3 Å². The van der Waals surface area contributed by atoms with Gasteiger partial charge in [0.15, 0.2) is 0 Å². The number of carbonyl (C=O) groups excluding carboxylic acids is 2. The van der Waals surface area contributed by atoms with Gasteiger partial charge in [-0.3, -0.25) is 9.59 Å². The van der Waals surface area contributed by atoms with Crippen molar-refractivity contribution in [2.45, 2.75) is 45.1 Å². The monoisotopic (exact) mass is 336 g/mol. The first-order chi connectivity index (χ1) is 11.0.